The molecule has 8 nitrogen and oxygen atoms in total. The zero-order valence-electron chi connectivity index (χ0n) is 20.3. The molecule has 1 saturated heterocycles. The summed E-state index contributed by atoms with van der Waals surface area (Å²) in [4.78, 5) is 30.9. The van der Waals surface area contributed by atoms with Gasteiger partial charge in [0.05, 0.1) is 7.11 Å². The van der Waals surface area contributed by atoms with E-state index in [0.717, 1.165) is 21.2 Å². The summed E-state index contributed by atoms with van der Waals surface area (Å²) >= 11 is 0. The van der Waals surface area contributed by atoms with Crippen LogP contribution in [0.5, 0.6) is 11.5 Å². The fraction of sp³-hybridized carbons (Fsp3) is 0.250. The molecule has 0 spiro atoms. The Kier molecular flexibility index (Phi) is 6.33. The number of rotatable bonds is 8. The van der Waals surface area contributed by atoms with Crippen molar-refractivity contribution in [3.05, 3.63) is 77.7 Å². The fourth-order valence-electron chi connectivity index (χ4n) is 4.27. The summed E-state index contributed by atoms with van der Waals surface area (Å²) in [6.45, 7) is 4.08. The highest BCUT2D eigenvalue weighted by atomic mass is 16.6. The number of aromatic nitrogens is 1. The van der Waals surface area contributed by atoms with Gasteiger partial charge in [-0.3, -0.25) is 4.79 Å². The maximum Gasteiger partial charge on any atom is 0.417 e. The van der Waals surface area contributed by atoms with Crippen molar-refractivity contribution in [1.29, 1.82) is 0 Å². The van der Waals surface area contributed by atoms with Gasteiger partial charge in [0.25, 0.3) is 5.91 Å². The van der Waals surface area contributed by atoms with Crippen LogP contribution in [-0.2, 0) is 16.1 Å². The number of nitrogens with zero attached hydrogens (tertiary/aromatic N) is 2. The summed E-state index contributed by atoms with van der Waals surface area (Å²) < 4.78 is 23.0. The van der Waals surface area contributed by atoms with Crippen molar-refractivity contribution in [2.75, 3.05) is 13.7 Å². The van der Waals surface area contributed by atoms with Crippen LogP contribution in [0.2, 0.25) is 0 Å². The Morgan fingerprint density at radius 3 is 2.61 bits per heavy atom. The first kappa shape index (κ1) is 23.4. The van der Waals surface area contributed by atoms with Crippen molar-refractivity contribution in [1.82, 2.24) is 9.88 Å². The number of cyclic esters (lactones) is 1. The number of fused-ring (bicyclic) bond motifs is 1. The van der Waals surface area contributed by atoms with Crippen LogP contribution in [-0.4, -0.2) is 35.5 Å². The number of aryl methyl sites for hydroxylation is 1. The van der Waals surface area contributed by atoms with Crippen molar-refractivity contribution in [2.24, 2.45) is 0 Å². The Balaban J connectivity index is 1.41. The van der Waals surface area contributed by atoms with Crippen LogP contribution in [0.4, 0.5) is 4.79 Å². The predicted octanol–water partition coefficient (Wildman–Crippen LogP) is 5.82. The molecule has 0 radical (unpaired) electrons. The van der Waals surface area contributed by atoms with Crippen LogP contribution in [0.15, 0.2) is 65.1 Å². The molecule has 3 aromatic carbocycles. The highest BCUT2D eigenvalue weighted by Crippen LogP contribution is 2.40. The highest BCUT2D eigenvalue weighted by Gasteiger charge is 2.43. The average Bonchev–Trinajstić information content (AvgIpc) is 3.41. The second-order valence-corrected chi connectivity index (χ2v) is 8.50. The van der Waals surface area contributed by atoms with Gasteiger partial charge in [-0.2, -0.15) is 0 Å². The minimum absolute atomic E-state index is 0.0732. The third kappa shape index (κ3) is 4.26. The second-order valence-electron chi connectivity index (χ2n) is 8.50. The van der Waals surface area contributed by atoms with E-state index in [1.54, 1.807) is 18.2 Å². The van der Waals surface area contributed by atoms with E-state index in [2.05, 4.69) is 11.1 Å². The summed E-state index contributed by atoms with van der Waals surface area (Å²) in [6.07, 6.45) is -1.12. The first-order chi connectivity index (χ1) is 17.5. The largest absolute Gasteiger partial charge is 0.493 e. The molecule has 0 N–H and O–H groups in total. The number of methoxy groups -OCH3 is 1. The molecule has 5 rings (SSSR count). The Hall–Kier alpha value is -4.33. The molecule has 36 heavy (non-hydrogen) atoms. The maximum absolute atomic E-state index is 12.9. The topological polar surface area (TPSA) is 91.1 Å². The number of ether oxygens (including phenoxy) is 3. The number of para-hydroxylation sites is 1. The average molecular weight is 487 g/mol. The number of oxazole rings is 1. The number of hydrogen-bond donors (Lipinski definition) is 0. The molecule has 0 aliphatic carbocycles. The normalized spacial score (nSPS) is 15.4. The number of carbonyl (C=O) groups excluding carboxylic acids is 2. The fourth-order valence-corrected chi connectivity index (χ4v) is 4.27. The molecule has 0 bridgehead atoms. The van der Waals surface area contributed by atoms with Crippen LogP contribution >= 0.6 is 0 Å². The van der Waals surface area contributed by atoms with E-state index in [4.69, 9.17) is 18.6 Å². The Morgan fingerprint density at radius 1 is 1.03 bits per heavy atom. The van der Waals surface area contributed by atoms with Crippen LogP contribution < -0.4 is 9.47 Å². The van der Waals surface area contributed by atoms with Crippen molar-refractivity contribution in [2.45, 2.75) is 33.0 Å². The van der Waals surface area contributed by atoms with E-state index in [1.165, 1.54) is 7.11 Å². The number of hydrogen-bond acceptors (Lipinski definition) is 7. The van der Waals surface area contributed by atoms with Gasteiger partial charge >= 0.3 is 6.09 Å². The van der Waals surface area contributed by atoms with Gasteiger partial charge in [0.1, 0.15) is 18.1 Å². The highest BCUT2D eigenvalue weighted by molar-refractivity contribution is 6.01. The Bertz CT molecular complexity index is 1440. The predicted molar refractivity (Wildman–Crippen MR) is 133 cm³/mol. The molecule has 2 heterocycles. The Labute approximate surface area is 208 Å². The molecule has 1 aromatic heterocycles. The monoisotopic (exact) mass is 486 g/mol. The molecule has 0 saturated carbocycles. The van der Waals surface area contributed by atoms with E-state index < -0.39 is 18.1 Å². The third-order valence-corrected chi connectivity index (χ3v) is 6.13. The van der Waals surface area contributed by atoms with Gasteiger partial charge in [-0.05, 0) is 42.3 Å². The minimum Gasteiger partial charge on any atom is -0.493 e. The van der Waals surface area contributed by atoms with Crippen LogP contribution in [0.1, 0.15) is 36.5 Å². The lowest BCUT2D eigenvalue weighted by Crippen LogP contribution is -2.30. The van der Waals surface area contributed by atoms with Crippen LogP contribution in [0.25, 0.3) is 22.2 Å². The molecule has 1 fully saturated rings. The summed E-state index contributed by atoms with van der Waals surface area (Å²) in [5.74, 6) is 1.43. The number of imide groups is 1. The van der Waals surface area contributed by atoms with Gasteiger partial charge in [0.15, 0.2) is 11.5 Å². The van der Waals surface area contributed by atoms with E-state index in [9.17, 15) is 9.59 Å². The van der Waals surface area contributed by atoms with E-state index in [-0.39, 0.29) is 6.61 Å². The Morgan fingerprint density at radius 2 is 1.83 bits per heavy atom. The van der Waals surface area contributed by atoms with Crippen LogP contribution in [0, 0.1) is 6.92 Å². The molecule has 4 aromatic rings. The number of amides is 2. The number of benzene rings is 3. The molecular weight excluding hydrogens is 460 g/mol. The van der Waals surface area contributed by atoms with E-state index in [0.29, 0.717) is 47.4 Å². The van der Waals surface area contributed by atoms with Crippen LogP contribution in [0.3, 0.4) is 0 Å². The van der Waals surface area contributed by atoms with Crippen molar-refractivity contribution >= 4 is 22.8 Å². The first-order valence-electron chi connectivity index (χ1n) is 11.8. The SMILES string of the molecule is CCCN1C(=O)OC(c2cccc(OC)c2OCc2nc(-c3ccc4ccccc4c3)oc2C)C1=O. The van der Waals surface area contributed by atoms with Gasteiger partial charge in [0, 0.05) is 17.7 Å². The summed E-state index contributed by atoms with van der Waals surface area (Å²) in [6, 6.07) is 19.3. The van der Waals surface area contributed by atoms with E-state index in [1.807, 2.05) is 50.2 Å². The molecule has 1 atom stereocenters. The van der Waals surface area contributed by atoms with Gasteiger partial charge < -0.3 is 18.6 Å². The summed E-state index contributed by atoms with van der Waals surface area (Å²) in [5, 5.41) is 2.23. The van der Waals surface area contributed by atoms with Gasteiger partial charge in [-0.25, -0.2) is 14.7 Å². The molecule has 1 unspecified atom stereocenters. The van der Waals surface area contributed by atoms with Crippen molar-refractivity contribution in [3.8, 4) is 23.0 Å². The molecular formula is C28H26N2O6. The molecule has 1 aliphatic rings. The lowest BCUT2D eigenvalue weighted by molar-refractivity contribution is -0.130. The second kappa shape index (κ2) is 9.73. The standard InChI is InChI=1S/C28H26N2O6/c1-4-14-30-27(31)25(36-28(30)32)21-10-7-11-23(33-3)24(21)34-16-22-17(2)35-26(29-22)20-13-12-18-8-5-6-9-19(18)15-20/h5-13,15,25H,4,14,16H2,1-3H3. The quantitative estimate of drug-likeness (QED) is 0.310. The lowest BCUT2D eigenvalue weighted by Gasteiger charge is -2.17. The molecule has 2 amide bonds. The van der Waals surface area contributed by atoms with Crippen molar-refractivity contribution < 1.29 is 28.2 Å². The van der Waals surface area contributed by atoms with E-state index >= 15 is 0 Å². The van der Waals surface area contributed by atoms with Gasteiger partial charge in [-0.1, -0.05) is 49.4 Å². The molecule has 184 valence electrons. The molecule has 1 aliphatic heterocycles. The lowest BCUT2D eigenvalue weighted by atomic mass is 10.1. The molecule has 8 heteroatoms. The summed E-state index contributed by atoms with van der Waals surface area (Å²) in [5.41, 5.74) is 1.89. The van der Waals surface area contributed by atoms with Gasteiger partial charge in [-0.15, -0.1) is 0 Å². The number of carbonyl (C=O) groups is 2. The third-order valence-electron chi connectivity index (χ3n) is 6.13. The first-order valence-corrected chi connectivity index (χ1v) is 11.8. The zero-order chi connectivity index (χ0) is 25.2. The smallest absolute Gasteiger partial charge is 0.417 e. The summed E-state index contributed by atoms with van der Waals surface area (Å²) in [7, 11) is 1.51. The van der Waals surface area contributed by atoms with Gasteiger partial charge in [0.2, 0.25) is 12.0 Å². The zero-order valence-corrected chi connectivity index (χ0v) is 20.3. The minimum atomic E-state index is -1.10. The van der Waals surface area contributed by atoms with Crippen molar-refractivity contribution in [3.63, 3.8) is 0 Å². The maximum atomic E-state index is 12.9.